The van der Waals surface area contributed by atoms with Crippen molar-refractivity contribution in [3.05, 3.63) is 43.4 Å². The molecule has 1 unspecified atom stereocenters. The van der Waals surface area contributed by atoms with Gasteiger partial charge in [-0.15, -0.1) is 0 Å². The van der Waals surface area contributed by atoms with Gasteiger partial charge in [0.1, 0.15) is 0 Å². The molecule has 1 radical (unpaired) electrons. The van der Waals surface area contributed by atoms with Gasteiger partial charge in [-0.25, -0.2) is 0 Å². The monoisotopic (exact) mass is 291 g/mol. The van der Waals surface area contributed by atoms with Gasteiger partial charge in [-0.1, -0.05) is 63.1 Å². The highest BCUT2D eigenvalue weighted by atomic mass is 16.4. The van der Waals surface area contributed by atoms with Gasteiger partial charge in [-0.2, -0.15) is 0 Å². The third-order valence-corrected chi connectivity index (χ3v) is 3.28. The molecule has 0 bridgehead atoms. The lowest BCUT2D eigenvalue weighted by molar-refractivity contribution is -0.137. The SMILES string of the molecule is [CH2]C(CCCC/C=C\C/C=C\C/C=C\CC)CCC(=O)O. The van der Waals surface area contributed by atoms with Crippen LogP contribution in [0.25, 0.3) is 0 Å². The van der Waals surface area contributed by atoms with Crippen LogP contribution in [0.5, 0.6) is 0 Å². The van der Waals surface area contributed by atoms with Crippen molar-refractivity contribution in [2.45, 2.75) is 64.7 Å². The summed E-state index contributed by atoms with van der Waals surface area (Å²) in [6.45, 7) is 6.15. The molecular formula is C19H31O2. The Labute approximate surface area is 130 Å². The van der Waals surface area contributed by atoms with Gasteiger partial charge in [0.15, 0.2) is 0 Å². The van der Waals surface area contributed by atoms with Gasteiger partial charge in [0, 0.05) is 6.42 Å². The van der Waals surface area contributed by atoms with Crippen molar-refractivity contribution in [3.63, 3.8) is 0 Å². The second kappa shape index (κ2) is 15.1. The summed E-state index contributed by atoms with van der Waals surface area (Å²) >= 11 is 0. The highest BCUT2D eigenvalue weighted by molar-refractivity contribution is 5.66. The Morgan fingerprint density at radius 3 is 2.24 bits per heavy atom. The molecule has 2 heteroatoms. The molecule has 0 aromatic carbocycles. The van der Waals surface area contributed by atoms with Gasteiger partial charge in [-0.3, -0.25) is 4.79 Å². The highest BCUT2D eigenvalue weighted by Crippen LogP contribution is 2.14. The first kappa shape index (κ1) is 19.7. The van der Waals surface area contributed by atoms with E-state index in [1.165, 1.54) is 6.42 Å². The van der Waals surface area contributed by atoms with Crippen LogP contribution in [0.3, 0.4) is 0 Å². The van der Waals surface area contributed by atoms with Gasteiger partial charge in [-0.05, 0) is 44.4 Å². The van der Waals surface area contributed by atoms with E-state index in [1.54, 1.807) is 0 Å². The third-order valence-electron chi connectivity index (χ3n) is 3.28. The van der Waals surface area contributed by atoms with Gasteiger partial charge in [0.2, 0.25) is 0 Å². The zero-order chi connectivity index (χ0) is 15.8. The second-order valence-electron chi connectivity index (χ2n) is 5.38. The number of carbonyl (C=O) groups is 1. The molecule has 0 aromatic heterocycles. The largest absolute Gasteiger partial charge is 0.481 e. The molecule has 0 aliphatic heterocycles. The van der Waals surface area contributed by atoms with Crippen molar-refractivity contribution < 1.29 is 9.90 Å². The Hall–Kier alpha value is -1.31. The summed E-state index contributed by atoms with van der Waals surface area (Å²) in [5.41, 5.74) is 0. The number of rotatable bonds is 13. The first-order valence-corrected chi connectivity index (χ1v) is 8.16. The summed E-state index contributed by atoms with van der Waals surface area (Å²) in [7, 11) is 0. The molecule has 0 saturated carbocycles. The molecular weight excluding hydrogens is 260 g/mol. The Morgan fingerprint density at radius 2 is 1.62 bits per heavy atom. The topological polar surface area (TPSA) is 37.3 Å². The minimum Gasteiger partial charge on any atom is -0.481 e. The molecule has 119 valence electrons. The first-order chi connectivity index (χ1) is 10.2. The van der Waals surface area contributed by atoms with Crippen LogP contribution in [0, 0.1) is 12.8 Å². The van der Waals surface area contributed by atoms with Gasteiger partial charge < -0.3 is 5.11 Å². The number of hydrogen-bond donors (Lipinski definition) is 1. The summed E-state index contributed by atoms with van der Waals surface area (Å²) in [5.74, 6) is -0.436. The van der Waals surface area contributed by atoms with Crippen LogP contribution in [0.2, 0.25) is 0 Å². The van der Waals surface area contributed by atoms with Crippen LogP contribution >= 0.6 is 0 Å². The molecule has 1 N–H and O–H groups in total. The Balaban J connectivity index is 3.39. The molecule has 2 nitrogen and oxygen atoms in total. The summed E-state index contributed by atoms with van der Waals surface area (Å²) in [6.07, 6.45) is 21.8. The fraction of sp³-hybridized carbons (Fsp3) is 0.579. The third kappa shape index (κ3) is 16.6. The average molecular weight is 291 g/mol. The molecule has 0 saturated heterocycles. The fourth-order valence-corrected chi connectivity index (χ4v) is 1.99. The van der Waals surface area contributed by atoms with Crippen molar-refractivity contribution in [1.82, 2.24) is 0 Å². The molecule has 0 amide bonds. The number of hydrogen-bond acceptors (Lipinski definition) is 1. The molecule has 0 aromatic rings. The summed E-state index contributed by atoms with van der Waals surface area (Å²) < 4.78 is 0. The molecule has 0 aliphatic carbocycles. The lowest BCUT2D eigenvalue weighted by atomic mass is 9.98. The van der Waals surface area contributed by atoms with Crippen LogP contribution in [0.4, 0.5) is 0 Å². The van der Waals surface area contributed by atoms with Crippen LogP contribution in [-0.2, 0) is 4.79 Å². The highest BCUT2D eigenvalue weighted by Gasteiger charge is 2.04. The minimum atomic E-state index is -0.718. The second-order valence-corrected chi connectivity index (χ2v) is 5.38. The van der Waals surface area contributed by atoms with Crippen molar-refractivity contribution in [1.29, 1.82) is 0 Å². The summed E-state index contributed by atoms with van der Waals surface area (Å²) in [6, 6.07) is 0. The maximum absolute atomic E-state index is 10.4. The lowest BCUT2D eigenvalue weighted by Crippen LogP contribution is -2.01. The van der Waals surface area contributed by atoms with Crippen LogP contribution in [0.15, 0.2) is 36.5 Å². The number of carboxylic acid groups (broad SMARTS) is 1. The predicted molar refractivity (Wildman–Crippen MR) is 91.1 cm³/mol. The summed E-state index contributed by atoms with van der Waals surface area (Å²) in [5, 5.41) is 8.59. The molecule has 0 rings (SSSR count). The molecule has 0 heterocycles. The maximum Gasteiger partial charge on any atom is 0.303 e. The van der Waals surface area contributed by atoms with E-state index in [1.807, 2.05) is 0 Å². The van der Waals surface area contributed by atoms with Crippen molar-refractivity contribution >= 4 is 5.97 Å². The zero-order valence-electron chi connectivity index (χ0n) is 13.5. The van der Waals surface area contributed by atoms with Crippen LogP contribution in [-0.4, -0.2) is 11.1 Å². The van der Waals surface area contributed by atoms with Crippen molar-refractivity contribution in [3.8, 4) is 0 Å². The van der Waals surface area contributed by atoms with E-state index >= 15 is 0 Å². The molecule has 0 spiro atoms. The Bertz CT molecular complexity index is 326. The quantitative estimate of drug-likeness (QED) is 0.348. The van der Waals surface area contributed by atoms with Crippen molar-refractivity contribution in [2.75, 3.05) is 0 Å². The standard InChI is InChI=1S/C19H31O2/c1-3-4-5-6-7-8-9-10-11-12-13-14-15-18(2)16-17-19(20)21/h4-5,7-8,10-11,18H,2-3,6,9,12-17H2,1H3,(H,20,21)/b5-4-,8-7-,11-10-. The Kier molecular flexibility index (Phi) is 14.1. The van der Waals surface area contributed by atoms with E-state index in [9.17, 15) is 4.79 Å². The van der Waals surface area contributed by atoms with E-state index in [-0.39, 0.29) is 12.3 Å². The minimum absolute atomic E-state index is 0.244. The fourth-order valence-electron chi connectivity index (χ4n) is 1.99. The van der Waals surface area contributed by atoms with Gasteiger partial charge >= 0.3 is 5.97 Å². The molecule has 1 atom stereocenters. The van der Waals surface area contributed by atoms with E-state index in [0.29, 0.717) is 6.42 Å². The number of unbranched alkanes of at least 4 members (excludes halogenated alkanes) is 2. The Morgan fingerprint density at radius 1 is 1.00 bits per heavy atom. The number of aliphatic carboxylic acids is 1. The average Bonchev–Trinajstić information content (AvgIpc) is 2.46. The van der Waals surface area contributed by atoms with Gasteiger partial charge in [0.05, 0.1) is 0 Å². The maximum atomic E-state index is 10.4. The normalized spacial score (nSPS) is 13.6. The van der Waals surface area contributed by atoms with Crippen LogP contribution in [0.1, 0.15) is 64.7 Å². The molecule has 21 heavy (non-hydrogen) atoms. The van der Waals surface area contributed by atoms with E-state index in [0.717, 1.165) is 38.5 Å². The predicted octanol–water partition coefficient (Wildman–Crippen LogP) is 5.72. The zero-order valence-corrected chi connectivity index (χ0v) is 13.5. The number of carboxylic acids is 1. The van der Waals surface area contributed by atoms with Gasteiger partial charge in [0.25, 0.3) is 0 Å². The van der Waals surface area contributed by atoms with E-state index in [4.69, 9.17) is 5.11 Å². The molecule has 0 aliphatic rings. The number of allylic oxidation sites excluding steroid dienone is 6. The van der Waals surface area contributed by atoms with E-state index < -0.39 is 5.97 Å². The smallest absolute Gasteiger partial charge is 0.303 e. The summed E-state index contributed by atoms with van der Waals surface area (Å²) in [4.78, 5) is 10.4. The molecule has 0 fully saturated rings. The lowest BCUT2D eigenvalue weighted by Gasteiger charge is -2.08. The first-order valence-electron chi connectivity index (χ1n) is 8.16. The van der Waals surface area contributed by atoms with Crippen molar-refractivity contribution in [2.24, 2.45) is 5.92 Å². The van der Waals surface area contributed by atoms with Crippen LogP contribution < -0.4 is 0 Å². The van der Waals surface area contributed by atoms with E-state index in [2.05, 4.69) is 50.3 Å².